The predicted octanol–water partition coefficient (Wildman–Crippen LogP) is 2.95. The van der Waals surface area contributed by atoms with Gasteiger partial charge in [0, 0.05) is 11.6 Å². The quantitative estimate of drug-likeness (QED) is 0.882. The van der Waals surface area contributed by atoms with E-state index in [4.69, 9.17) is 23.2 Å². The molecule has 116 valence electrons. The molecule has 0 bridgehead atoms. The van der Waals surface area contributed by atoms with Gasteiger partial charge in [0.2, 0.25) is 10.0 Å². The number of benzene rings is 1. The highest BCUT2D eigenvalue weighted by Crippen LogP contribution is 2.38. The number of nitrogens with one attached hydrogen (secondary N) is 2. The minimum atomic E-state index is -3.55. The van der Waals surface area contributed by atoms with Crippen molar-refractivity contribution in [3.8, 4) is 0 Å². The normalized spacial score (nSPS) is 24.8. The molecule has 1 aromatic rings. The van der Waals surface area contributed by atoms with E-state index < -0.39 is 10.0 Å². The molecule has 1 aromatic carbocycles. The Morgan fingerprint density at radius 2 is 2.00 bits per heavy atom. The lowest BCUT2D eigenvalue weighted by Gasteiger charge is -2.48. The zero-order valence-corrected chi connectivity index (χ0v) is 13.9. The molecule has 1 saturated heterocycles. The molecule has 21 heavy (non-hydrogen) atoms. The van der Waals surface area contributed by atoms with E-state index >= 15 is 0 Å². The van der Waals surface area contributed by atoms with Crippen LogP contribution in [0.15, 0.2) is 23.1 Å². The molecule has 1 aliphatic carbocycles. The Labute approximate surface area is 135 Å². The summed E-state index contributed by atoms with van der Waals surface area (Å²) in [4.78, 5) is 0.165. The lowest BCUT2D eigenvalue weighted by molar-refractivity contribution is 0.126. The molecule has 0 aromatic heterocycles. The number of sulfonamides is 1. The maximum atomic E-state index is 12.4. The summed E-state index contributed by atoms with van der Waals surface area (Å²) in [5, 5.41) is 4.13. The fourth-order valence-electron chi connectivity index (χ4n) is 3.17. The monoisotopic (exact) mass is 348 g/mol. The predicted molar refractivity (Wildman–Crippen MR) is 84.4 cm³/mol. The van der Waals surface area contributed by atoms with Crippen LogP contribution in [-0.4, -0.2) is 26.5 Å². The molecule has 0 radical (unpaired) electrons. The van der Waals surface area contributed by atoms with Gasteiger partial charge in [0.1, 0.15) is 0 Å². The van der Waals surface area contributed by atoms with Crippen molar-refractivity contribution in [1.29, 1.82) is 0 Å². The maximum Gasteiger partial charge on any atom is 0.240 e. The third kappa shape index (κ3) is 3.22. The molecule has 1 atom stereocenters. The summed E-state index contributed by atoms with van der Waals surface area (Å²) in [7, 11) is -3.55. The average Bonchev–Trinajstić information content (AvgIpc) is 2.40. The summed E-state index contributed by atoms with van der Waals surface area (Å²) < 4.78 is 27.7. The van der Waals surface area contributed by atoms with E-state index in [1.54, 1.807) is 0 Å². The van der Waals surface area contributed by atoms with Gasteiger partial charge in [-0.1, -0.05) is 23.2 Å². The Morgan fingerprint density at radius 3 is 2.62 bits per heavy atom. The summed E-state index contributed by atoms with van der Waals surface area (Å²) in [6.07, 6.45) is 5.16. The van der Waals surface area contributed by atoms with Crippen LogP contribution in [0.3, 0.4) is 0 Å². The number of piperidine rings is 1. The number of hydrogen-bond acceptors (Lipinski definition) is 3. The van der Waals surface area contributed by atoms with Gasteiger partial charge in [-0.15, -0.1) is 0 Å². The van der Waals surface area contributed by atoms with Crippen molar-refractivity contribution < 1.29 is 8.42 Å². The second-order valence-electron chi connectivity index (χ2n) is 5.95. The van der Waals surface area contributed by atoms with Gasteiger partial charge < -0.3 is 5.32 Å². The Kier molecular flexibility index (Phi) is 4.23. The molecule has 4 nitrogen and oxygen atoms in total. The second-order valence-corrected chi connectivity index (χ2v) is 8.48. The molecular weight excluding hydrogens is 331 g/mol. The van der Waals surface area contributed by atoms with Crippen LogP contribution < -0.4 is 10.0 Å². The lowest BCUT2D eigenvalue weighted by atomic mass is 9.70. The molecule has 2 N–H and O–H groups in total. The first-order chi connectivity index (χ1) is 9.90. The largest absolute Gasteiger partial charge is 0.311 e. The highest BCUT2D eigenvalue weighted by atomic mass is 35.5. The van der Waals surface area contributed by atoms with E-state index in [1.165, 1.54) is 24.6 Å². The number of hydrogen-bond donors (Lipinski definition) is 2. The molecule has 1 saturated carbocycles. The molecular formula is C14H18Cl2N2O2S. The fourth-order valence-corrected chi connectivity index (χ4v) is 4.83. The SMILES string of the molecule is O=S(=O)(NC1CCNC2(CCC2)C1)c1ccc(Cl)c(Cl)c1. The van der Waals surface area contributed by atoms with Crippen LogP contribution in [0.1, 0.15) is 32.1 Å². The minimum absolute atomic E-state index is 0.0222. The molecule has 2 aliphatic rings. The first-order valence-electron chi connectivity index (χ1n) is 7.13. The molecule has 1 unspecified atom stereocenters. The Hall–Kier alpha value is -0.330. The first kappa shape index (κ1) is 15.6. The van der Waals surface area contributed by atoms with Crippen LogP contribution in [0, 0.1) is 0 Å². The van der Waals surface area contributed by atoms with Gasteiger partial charge in [0.25, 0.3) is 0 Å². The van der Waals surface area contributed by atoms with Crippen molar-refractivity contribution in [3.05, 3.63) is 28.2 Å². The van der Waals surface area contributed by atoms with E-state index in [2.05, 4.69) is 10.0 Å². The van der Waals surface area contributed by atoms with Crippen molar-refractivity contribution in [1.82, 2.24) is 10.0 Å². The topological polar surface area (TPSA) is 58.2 Å². The summed E-state index contributed by atoms with van der Waals surface area (Å²) in [5.41, 5.74) is 0.156. The van der Waals surface area contributed by atoms with Crippen molar-refractivity contribution in [2.75, 3.05) is 6.54 Å². The summed E-state index contributed by atoms with van der Waals surface area (Å²) in [6, 6.07) is 4.36. The number of halogens is 2. The highest BCUT2D eigenvalue weighted by Gasteiger charge is 2.41. The van der Waals surface area contributed by atoms with Crippen LogP contribution >= 0.6 is 23.2 Å². The van der Waals surface area contributed by atoms with Crippen molar-refractivity contribution in [2.24, 2.45) is 0 Å². The minimum Gasteiger partial charge on any atom is -0.311 e. The standard InChI is InChI=1S/C14H18Cl2N2O2S/c15-12-3-2-11(8-13(12)16)21(19,20)18-10-4-7-17-14(9-10)5-1-6-14/h2-3,8,10,17-18H,1,4-7,9H2. The van der Waals surface area contributed by atoms with Gasteiger partial charge in [-0.2, -0.15) is 0 Å². The molecule has 0 amide bonds. The first-order valence-corrected chi connectivity index (χ1v) is 9.37. The van der Waals surface area contributed by atoms with Crippen molar-refractivity contribution in [3.63, 3.8) is 0 Å². The zero-order chi connectivity index (χ0) is 15.1. The smallest absolute Gasteiger partial charge is 0.240 e. The Morgan fingerprint density at radius 1 is 1.24 bits per heavy atom. The van der Waals surface area contributed by atoms with Crippen LogP contribution in [0.2, 0.25) is 10.0 Å². The Balaban J connectivity index is 1.74. The van der Waals surface area contributed by atoms with E-state index in [1.807, 2.05) is 0 Å². The van der Waals surface area contributed by atoms with E-state index in [0.717, 1.165) is 32.2 Å². The highest BCUT2D eigenvalue weighted by molar-refractivity contribution is 7.89. The molecule has 1 heterocycles. The van der Waals surface area contributed by atoms with Gasteiger partial charge in [0.15, 0.2) is 0 Å². The Bertz CT molecular complexity index is 644. The van der Waals surface area contributed by atoms with E-state index in [0.29, 0.717) is 5.02 Å². The fraction of sp³-hybridized carbons (Fsp3) is 0.571. The molecule has 1 spiro atoms. The van der Waals surface area contributed by atoms with Gasteiger partial charge in [-0.3, -0.25) is 0 Å². The molecule has 7 heteroatoms. The second kappa shape index (κ2) is 5.70. The third-order valence-corrected chi connectivity index (χ3v) is 6.72. The van der Waals surface area contributed by atoms with Gasteiger partial charge in [-0.05, 0) is 56.8 Å². The van der Waals surface area contributed by atoms with Crippen molar-refractivity contribution >= 4 is 33.2 Å². The van der Waals surface area contributed by atoms with E-state index in [9.17, 15) is 8.42 Å². The lowest BCUT2D eigenvalue weighted by Crippen LogP contribution is -2.59. The van der Waals surface area contributed by atoms with Gasteiger partial charge >= 0.3 is 0 Å². The number of rotatable bonds is 3. The summed E-state index contributed by atoms with van der Waals surface area (Å²) in [5.74, 6) is 0. The van der Waals surface area contributed by atoms with Crippen LogP contribution in [0.5, 0.6) is 0 Å². The summed E-state index contributed by atoms with van der Waals surface area (Å²) >= 11 is 11.7. The maximum absolute atomic E-state index is 12.4. The van der Waals surface area contributed by atoms with Crippen LogP contribution in [-0.2, 0) is 10.0 Å². The third-order valence-electron chi connectivity index (χ3n) is 4.46. The summed E-state index contributed by atoms with van der Waals surface area (Å²) in [6.45, 7) is 0.856. The van der Waals surface area contributed by atoms with Gasteiger partial charge in [-0.25, -0.2) is 13.1 Å². The van der Waals surface area contributed by atoms with Crippen molar-refractivity contribution in [2.45, 2.75) is 48.6 Å². The zero-order valence-electron chi connectivity index (χ0n) is 11.5. The van der Waals surface area contributed by atoms with E-state index in [-0.39, 0.29) is 21.5 Å². The molecule has 3 rings (SSSR count). The van der Waals surface area contributed by atoms with Gasteiger partial charge in [0.05, 0.1) is 14.9 Å². The van der Waals surface area contributed by atoms with Crippen LogP contribution in [0.4, 0.5) is 0 Å². The van der Waals surface area contributed by atoms with Crippen LogP contribution in [0.25, 0.3) is 0 Å². The average molecular weight is 349 g/mol. The molecule has 1 aliphatic heterocycles. The molecule has 2 fully saturated rings.